The van der Waals surface area contributed by atoms with Crippen LogP contribution in [0.5, 0.6) is 0 Å². The Balaban J connectivity index is 2.31. The third-order valence-corrected chi connectivity index (χ3v) is 2.32. The molecule has 0 bridgehead atoms. The molecule has 6 nitrogen and oxygen atoms in total. The molecule has 1 aliphatic carbocycles. The van der Waals surface area contributed by atoms with Gasteiger partial charge in [-0.25, -0.2) is 0 Å². The van der Waals surface area contributed by atoms with Gasteiger partial charge in [0.2, 0.25) is 0 Å². The largest absolute Gasteiger partial charge is 0.375 e. The molecule has 12 heavy (non-hydrogen) atoms. The van der Waals surface area contributed by atoms with Crippen LogP contribution in [0.25, 0.3) is 0 Å². The molecule has 8 heteroatoms. The van der Waals surface area contributed by atoms with E-state index in [0.717, 1.165) is 12.8 Å². The molecule has 0 aliphatic heterocycles. The maximum absolute atomic E-state index is 11.0. The van der Waals surface area contributed by atoms with Crippen molar-refractivity contribution in [3.63, 3.8) is 0 Å². The van der Waals surface area contributed by atoms with Crippen LogP contribution in [0, 0.1) is 0 Å². The lowest BCUT2D eigenvalue weighted by Crippen LogP contribution is -2.49. The molecule has 70 valence electrons. The van der Waals surface area contributed by atoms with Gasteiger partial charge in [-0.05, 0) is 25.1 Å². The quantitative estimate of drug-likeness (QED) is 0.328. The van der Waals surface area contributed by atoms with Crippen molar-refractivity contribution in [1.82, 2.24) is 15.0 Å². The Morgan fingerprint density at radius 1 is 1.50 bits per heavy atom. The van der Waals surface area contributed by atoms with Gasteiger partial charge in [0.25, 0.3) is 10.2 Å². The summed E-state index contributed by atoms with van der Waals surface area (Å²) in [6, 6.07) is 0.0654. The van der Waals surface area contributed by atoms with Crippen LogP contribution in [-0.2, 0) is 10.2 Å². The molecule has 0 aromatic carbocycles. The first-order valence-corrected chi connectivity index (χ1v) is 5.23. The average Bonchev–Trinajstić information content (AvgIpc) is 2.67. The van der Waals surface area contributed by atoms with Crippen LogP contribution in [0.4, 0.5) is 0 Å². The van der Waals surface area contributed by atoms with E-state index >= 15 is 0 Å². The first-order chi connectivity index (χ1) is 5.49. The van der Waals surface area contributed by atoms with Gasteiger partial charge in [0.1, 0.15) is 0 Å². The summed E-state index contributed by atoms with van der Waals surface area (Å²) in [6.45, 7) is 0. The lowest BCUT2D eigenvalue weighted by Gasteiger charge is -2.07. The van der Waals surface area contributed by atoms with Gasteiger partial charge in [-0.2, -0.15) is 13.1 Å². The number of thiocarbonyl (C=S) groups is 1. The molecule has 0 spiro atoms. The second kappa shape index (κ2) is 3.52. The lowest BCUT2D eigenvalue weighted by atomic mass is 10.8. The van der Waals surface area contributed by atoms with E-state index in [2.05, 4.69) is 22.4 Å². The van der Waals surface area contributed by atoms with Gasteiger partial charge in [-0.15, -0.1) is 4.83 Å². The van der Waals surface area contributed by atoms with Crippen molar-refractivity contribution in [3.8, 4) is 0 Å². The van der Waals surface area contributed by atoms with Crippen molar-refractivity contribution in [2.45, 2.75) is 18.9 Å². The summed E-state index contributed by atoms with van der Waals surface area (Å²) >= 11 is 4.40. The van der Waals surface area contributed by atoms with Crippen LogP contribution in [0.2, 0.25) is 0 Å². The van der Waals surface area contributed by atoms with Gasteiger partial charge in [0.15, 0.2) is 5.11 Å². The van der Waals surface area contributed by atoms with Gasteiger partial charge in [-0.3, -0.25) is 5.43 Å². The van der Waals surface area contributed by atoms with Crippen molar-refractivity contribution in [3.05, 3.63) is 0 Å². The van der Waals surface area contributed by atoms with E-state index in [1.165, 1.54) is 0 Å². The van der Waals surface area contributed by atoms with Crippen molar-refractivity contribution in [2.75, 3.05) is 0 Å². The monoisotopic (exact) mass is 210 g/mol. The number of hydrazine groups is 1. The molecule has 0 atom stereocenters. The fourth-order valence-corrected chi connectivity index (χ4v) is 1.66. The Morgan fingerprint density at radius 2 is 2.08 bits per heavy atom. The predicted octanol–water partition coefficient (Wildman–Crippen LogP) is -1.68. The Morgan fingerprint density at radius 3 is 2.50 bits per heavy atom. The minimum atomic E-state index is -3.49. The predicted molar refractivity (Wildman–Crippen MR) is 48.1 cm³/mol. The molecule has 1 saturated carbocycles. The molecule has 1 fully saturated rings. The summed E-state index contributed by atoms with van der Waals surface area (Å²) in [5, 5.41) is -0.115. The highest BCUT2D eigenvalue weighted by Gasteiger charge is 2.26. The lowest BCUT2D eigenvalue weighted by molar-refractivity contribution is 0.561. The molecule has 5 N–H and O–H groups in total. The van der Waals surface area contributed by atoms with Crippen LogP contribution in [0.3, 0.4) is 0 Å². The van der Waals surface area contributed by atoms with Gasteiger partial charge < -0.3 is 5.73 Å². The Kier molecular flexibility index (Phi) is 2.83. The average molecular weight is 210 g/mol. The van der Waals surface area contributed by atoms with E-state index in [9.17, 15) is 8.42 Å². The number of nitrogens with two attached hydrogens (primary N) is 1. The van der Waals surface area contributed by atoms with Crippen molar-refractivity contribution >= 4 is 27.5 Å². The van der Waals surface area contributed by atoms with E-state index < -0.39 is 10.2 Å². The van der Waals surface area contributed by atoms with E-state index in [1.54, 1.807) is 0 Å². The molecule has 0 aromatic heterocycles. The molecule has 0 heterocycles. The Labute approximate surface area is 76.0 Å². The van der Waals surface area contributed by atoms with Crippen molar-refractivity contribution in [1.29, 1.82) is 0 Å². The molecular formula is C4H10N4O2S2. The van der Waals surface area contributed by atoms with E-state index in [4.69, 9.17) is 5.73 Å². The molecule has 0 unspecified atom stereocenters. The zero-order valence-electron chi connectivity index (χ0n) is 6.20. The highest BCUT2D eigenvalue weighted by atomic mass is 32.2. The van der Waals surface area contributed by atoms with Crippen molar-refractivity contribution < 1.29 is 8.42 Å². The highest BCUT2D eigenvalue weighted by molar-refractivity contribution is 7.87. The molecule has 0 aromatic rings. The number of nitrogens with one attached hydrogen (secondary N) is 3. The summed E-state index contributed by atoms with van der Waals surface area (Å²) < 4.78 is 24.3. The fraction of sp³-hybridized carbons (Fsp3) is 0.750. The van der Waals surface area contributed by atoms with E-state index in [0.29, 0.717) is 0 Å². The highest BCUT2D eigenvalue weighted by Crippen LogP contribution is 2.18. The topological polar surface area (TPSA) is 96.2 Å². The summed E-state index contributed by atoms with van der Waals surface area (Å²) in [7, 11) is -3.49. The van der Waals surface area contributed by atoms with Crippen LogP contribution >= 0.6 is 12.2 Å². The third-order valence-electron chi connectivity index (χ3n) is 1.21. The molecule has 0 amide bonds. The second-order valence-electron chi connectivity index (χ2n) is 2.49. The Bertz CT molecular complexity index is 271. The van der Waals surface area contributed by atoms with E-state index in [-0.39, 0.29) is 11.2 Å². The second-order valence-corrected chi connectivity index (χ2v) is 4.37. The number of rotatable bonds is 4. The van der Waals surface area contributed by atoms with Crippen LogP contribution in [-0.4, -0.2) is 19.6 Å². The van der Waals surface area contributed by atoms with Gasteiger partial charge in [0.05, 0.1) is 0 Å². The first-order valence-electron chi connectivity index (χ1n) is 3.34. The van der Waals surface area contributed by atoms with Crippen LogP contribution < -0.4 is 20.7 Å². The van der Waals surface area contributed by atoms with Gasteiger partial charge in [-0.1, -0.05) is 0 Å². The molecule has 0 saturated heterocycles. The molecule has 1 rings (SSSR count). The molecular weight excluding hydrogens is 200 g/mol. The van der Waals surface area contributed by atoms with Crippen LogP contribution in [0.15, 0.2) is 0 Å². The SMILES string of the molecule is NC(=S)NNS(=O)(=O)NC1CC1. The molecule has 0 radical (unpaired) electrons. The summed E-state index contributed by atoms with van der Waals surface area (Å²) in [6.07, 6.45) is 1.77. The van der Waals surface area contributed by atoms with Crippen LogP contribution in [0.1, 0.15) is 12.8 Å². The fourth-order valence-electron chi connectivity index (χ4n) is 0.568. The minimum absolute atomic E-state index is 0.0654. The van der Waals surface area contributed by atoms with E-state index in [1.807, 2.05) is 4.83 Å². The van der Waals surface area contributed by atoms with Gasteiger partial charge in [0, 0.05) is 6.04 Å². The summed E-state index contributed by atoms with van der Waals surface area (Å²) in [4.78, 5) is 1.97. The smallest absolute Gasteiger partial charge is 0.294 e. The van der Waals surface area contributed by atoms with Crippen molar-refractivity contribution in [2.24, 2.45) is 5.73 Å². The minimum Gasteiger partial charge on any atom is -0.375 e. The zero-order valence-corrected chi connectivity index (χ0v) is 7.83. The maximum Gasteiger partial charge on any atom is 0.294 e. The Hall–Kier alpha value is -0.440. The maximum atomic E-state index is 11.0. The third kappa shape index (κ3) is 3.81. The van der Waals surface area contributed by atoms with Gasteiger partial charge >= 0.3 is 0 Å². The first kappa shape index (κ1) is 9.65. The molecule has 1 aliphatic rings. The number of hydrogen-bond acceptors (Lipinski definition) is 3. The summed E-state index contributed by atoms with van der Waals surface area (Å²) in [5.41, 5.74) is 7.14. The normalized spacial score (nSPS) is 17.3. The standard InChI is InChI=1S/C4H10N4O2S2/c5-4(11)6-8-12(9,10)7-3-1-2-3/h3,7-8H,1-2H2,(H3,5,6,11). The number of hydrogen-bond donors (Lipinski definition) is 4. The summed E-state index contributed by atoms with van der Waals surface area (Å²) in [5.74, 6) is 0. The zero-order chi connectivity index (χ0) is 9.19.